The SMILES string of the molecule is CC(C)S(=O)(=O)NCCCCCNc1ccc(C(=O)NC2CCCCC2)cc1. The van der Waals surface area contributed by atoms with Crippen molar-refractivity contribution in [3.63, 3.8) is 0 Å². The molecule has 6 nitrogen and oxygen atoms in total. The zero-order valence-electron chi connectivity index (χ0n) is 17.2. The van der Waals surface area contributed by atoms with Gasteiger partial charge >= 0.3 is 0 Å². The van der Waals surface area contributed by atoms with Crippen LogP contribution in [0.5, 0.6) is 0 Å². The average molecular weight is 410 g/mol. The predicted octanol–water partition coefficient (Wildman–Crippen LogP) is 3.66. The Bertz CT molecular complexity index is 696. The van der Waals surface area contributed by atoms with Crippen molar-refractivity contribution >= 4 is 21.6 Å². The molecule has 3 N–H and O–H groups in total. The number of benzene rings is 1. The number of hydrogen-bond donors (Lipinski definition) is 3. The lowest BCUT2D eigenvalue weighted by atomic mass is 9.95. The van der Waals surface area contributed by atoms with Gasteiger partial charge in [-0.15, -0.1) is 0 Å². The number of carbonyl (C=O) groups is 1. The van der Waals surface area contributed by atoms with E-state index in [0.717, 1.165) is 44.3 Å². The van der Waals surface area contributed by atoms with Gasteiger partial charge in [0.1, 0.15) is 0 Å². The topological polar surface area (TPSA) is 87.3 Å². The number of anilines is 1. The van der Waals surface area contributed by atoms with Crippen LogP contribution in [0.2, 0.25) is 0 Å². The van der Waals surface area contributed by atoms with Gasteiger partial charge in [-0.05, 0) is 63.8 Å². The summed E-state index contributed by atoms with van der Waals surface area (Å²) in [6.45, 7) is 4.67. The molecule has 0 aromatic heterocycles. The minimum Gasteiger partial charge on any atom is -0.385 e. The molecule has 0 saturated heterocycles. The van der Waals surface area contributed by atoms with Crippen LogP contribution in [0, 0.1) is 0 Å². The lowest BCUT2D eigenvalue weighted by Gasteiger charge is -2.22. The molecule has 0 heterocycles. The van der Waals surface area contributed by atoms with E-state index >= 15 is 0 Å². The normalized spacial score (nSPS) is 15.5. The Balaban J connectivity index is 1.61. The van der Waals surface area contributed by atoms with E-state index in [-0.39, 0.29) is 11.2 Å². The molecule has 1 aliphatic rings. The molecule has 28 heavy (non-hydrogen) atoms. The summed E-state index contributed by atoms with van der Waals surface area (Å²) < 4.78 is 25.9. The minimum atomic E-state index is -3.15. The summed E-state index contributed by atoms with van der Waals surface area (Å²) in [5.41, 5.74) is 1.70. The Morgan fingerprint density at radius 1 is 1.00 bits per heavy atom. The Morgan fingerprint density at radius 2 is 1.64 bits per heavy atom. The molecule has 0 unspecified atom stereocenters. The predicted molar refractivity (Wildman–Crippen MR) is 115 cm³/mol. The number of amides is 1. The van der Waals surface area contributed by atoms with Crippen molar-refractivity contribution in [2.45, 2.75) is 76.5 Å². The minimum absolute atomic E-state index is 0.0160. The average Bonchev–Trinajstić information content (AvgIpc) is 2.68. The van der Waals surface area contributed by atoms with Crippen molar-refractivity contribution in [3.8, 4) is 0 Å². The van der Waals surface area contributed by atoms with Crippen LogP contribution in [-0.4, -0.2) is 38.7 Å². The van der Waals surface area contributed by atoms with E-state index in [1.54, 1.807) is 13.8 Å². The van der Waals surface area contributed by atoms with E-state index in [4.69, 9.17) is 0 Å². The molecule has 1 amide bonds. The summed E-state index contributed by atoms with van der Waals surface area (Å²) >= 11 is 0. The van der Waals surface area contributed by atoms with Gasteiger partial charge in [-0.25, -0.2) is 13.1 Å². The van der Waals surface area contributed by atoms with Gasteiger partial charge in [0.25, 0.3) is 5.91 Å². The Morgan fingerprint density at radius 3 is 2.29 bits per heavy atom. The van der Waals surface area contributed by atoms with Gasteiger partial charge in [0, 0.05) is 30.4 Å². The van der Waals surface area contributed by atoms with Crippen molar-refractivity contribution in [2.75, 3.05) is 18.4 Å². The number of rotatable bonds is 11. The number of unbranched alkanes of at least 4 members (excludes halogenated alkanes) is 2. The van der Waals surface area contributed by atoms with Crippen LogP contribution >= 0.6 is 0 Å². The van der Waals surface area contributed by atoms with Crippen molar-refractivity contribution in [1.29, 1.82) is 0 Å². The molecule has 1 saturated carbocycles. The van der Waals surface area contributed by atoms with E-state index in [9.17, 15) is 13.2 Å². The molecule has 0 radical (unpaired) electrons. The maximum atomic E-state index is 12.3. The molecule has 0 atom stereocenters. The van der Waals surface area contributed by atoms with Crippen LogP contribution in [0.4, 0.5) is 5.69 Å². The molecule has 0 spiro atoms. The molecule has 0 aliphatic heterocycles. The third-order valence-corrected chi connectivity index (χ3v) is 7.04. The molecular formula is C21H35N3O3S. The number of carbonyl (C=O) groups excluding carboxylic acids is 1. The number of hydrogen-bond acceptors (Lipinski definition) is 4. The summed E-state index contributed by atoms with van der Waals surface area (Å²) in [6.07, 6.45) is 8.61. The Kier molecular flexibility index (Phi) is 9.25. The molecule has 1 aromatic rings. The second kappa shape index (κ2) is 11.4. The van der Waals surface area contributed by atoms with Gasteiger partial charge in [-0.2, -0.15) is 0 Å². The lowest BCUT2D eigenvalue weighted by Crippen LogP contribution is -2.36. The summed E-state index contributed by atoms with van der Waals surface area (Å²) in [6, 6.07) is 7.92. The third-order valence-electron chi connectivity index (χ3n) is 5.19. The van der Waals surface area contributed by atoms with Crippen LogP contribution in [0.1, 0.15) is 75.6 Å². The van der Waals surface area contributed by atoms with Crippen molar-refractivity contribution in [1.82, 2.24) is 10.0 Å². The van der Waals surface area contributed by atoms with E-state index in [1.165, 1.54) is 19.3 Å². The van der Waals surface area contributed by atoms with Gasteiger partial charge in [0.2, 0.25) is 10.0 Å². The molecule has 1 fully saturated rings. The molecule has 1 aromatic carbocycles. The van der Waals surface area contributed by atoms with Gasteiger partial charge in [0.15, 0.2) is 0 Å². The summed E-state index contributed by atoms with van der Waals surface area (Å²) in [4.78, 5) is 12.3. The fourth-order valence-electron chi connectivity index (χ4n) is 3.30. The first-order valence-corrected chi connectivity index (χ1v) is 12.1. The molecule has 2 rings (SSSR count). The molecule has 7 heteroatoms. The highest BCUT2D eigenvalue weighted by Gasteiger charge is 2.16. The van der Waals surface area contributed by atoms with Crippen LogP contribution < -0.4 is 15.4 Å². The number of nitrogens with one attached hydrogen (secondary N) is 3. The highest BCUT2D eigenvalue weighted by atomic mass is 32.2. The highest BCUT2D eigenvalue weighted by Crippen LogP contribution is 2.18. The lowest BCUT2D eigenvalue weighted by molar-refractivity contribution is 0.0927. The quantitative estimate of drug-likeness (QED) is 0.487. The number of sulfonamides is 1. The van der Waals surface area contributed by atoms with Crippen molar-refractivity contribution in [3.05, 3.63) is 29.8 Å². The van der Waals surface area contributed by atoms with Gasteiger partial charge in [0.05, 0.1) is 5.25 Å². The van der Waals surface area contributed by atoms with Gasteiger partial charge < -0.3 is 10.6 Å². The molecule has 0 bridgehead atoms. The van der Waals surface area contributed by atoms with Crippen molar-refractivity contribution in [2.24, 2.45) is 0 Å². The standard InChI is InChI=1S/C21H35N3O3S/c1-17(2)28(26,27)23-16-8-4-7-15-22-19-13-11-18(12-14-19)21(25)24-20-9-5-3-6-10-20/h11-14,17,20,22-23H,3-10,15-16H2,1-2H3,(H,24,25). The summed E-state index contributed by atoms with van der Waals surface area (Å²) in [5, 5.41) is 6.10. The zero-order chi connectivity index (χ0) is 20.4. The summed E-state index contributed by atoms with van der Waals surface area (Å²) in [7, 11) is -3.15. The van der Waals surface area contributed by atoms with Crippen molar-refractivity contribution < 1.29 is 13.2 Å². The van der Waals surface area contributed by atoms with E-state index < -0.39 is 10.0 Å². The van der Waals surface area contributed by atoms with Crippen LogP contribution in [0.3, 0.4) is 0 Å². The molecule has 1 aliphatic carbocycles. The smallest absolute Gasteiger partial charge is 0.251 e. The van der Waals surface area contributed by atoms with E-state index in [1.807, 2.05) is 24.3 Å². The summed E-state index contributed by atoms with van der Waals surface area (Å²) in [5.74, 6) is 0.0160. The maximum absolute atomic E-state index is 12.3. The second-order valence-corrected chi connectivity index (χ2v) is 10.2. The first kappa shape index (κ1) is 22.7. The monoisotopic (exact) mass is 409 g/mol. The van der Waals surface area contributed by atoms with Crippen LogP contribution in [0.25, 0.3) is 0 Å². The highest BCUT2D eigenvalue weighted by molar-refractivity contribution is 7.90. The fraction of sp³-hybridized carbons (Fsp3) is 0.667. The Labute approximate surface area is 169 Å². The van der Waals surface area contributed by atoms with Gasteiger partial charge in [-0.3, -0.25) is 4.79 Å². The van der Waals surface area contributed by atoms with E-state index in [0.29, 0.717) is 18.2 Å². The zero-order valence-corrected chi connectivity index (χ0v) is 18.0. The van der Waals surface area contributed by atoms with Gasteiger partial charge in [-0.1, -0.05) is 25.7 Å². The Hall–Kier alpha value is -1.60. The maximum Gasteiger partial charge on any atom is 0.251 e. The molecule has 158 valence electrons. The van der Waals surface area contributed by atoms with Crippen LogP contribution in [-0.2, 0) is 10.0 Å². The first-order chi connectivity index (χ1) is 13.4. The molecular weight excluding hydrogens is 374 g/mol. The first-order valence-electron chi connectivity index (χ1n) is 10.5. The fourth-order valence-corrected chi connectivity index (χ4v) is 4.06. The second-order valence-electron chi connectivity index (χ2n) is 7.86. The van der Waals surface area contributed by atoms with Crippen LogP contribution in [0.15, 0.2) is 24.3 Å². The largest absolute Gasteiger partial charge is 0.385 e. The van der Waals surface area contributed by atoms with E-state index in [2.05, 4.69) is 15.4 Å². The third kappa shape index (κ3) is 7.80.